The normalized spacial score (nSPS) is 13.3. The molecule has 6 nitrogen and oxygen atoms in total. The average Bonchev–Trinajstić information content (AvgIpc) is 3.42. The summed E-state index contributed by atoms with van der Waals surface area (Å²) in [4.78, 5) is 35.2. The number of ketones is 1. The van der Waals surface area contributed by atoms with Crippen LogP contribution in [-0.2, 0) is 22.6 Å². The van der Waals surface area contributed by atoms with Crippen molar-refractivity contribution in [2.45, 2.75) is 46.1 Å². The first-order valence-corrected chi connectivity index (χ1v) is 9.19. The lowest BCUT2D eigenvalue weighted by molar-refractivity contribution is -0.121. The van der Waals surface area contributed by atoms with Crippen LogP contribution in [0.5, 0.6) is 0 Å². The fourth-order valence-corrected chi connectivity index (χ4v) is 2.84. The van der Waals surface area contributed by atoms with Crippen molar-refractivity contribution in [3.05, 3.63) is 53.0 Å². The Bertz CT molecular complexity index is 848. The van der Waals surface area contributed by atoms with Crippen molar-refractivity contribution < 1.29 is 18.8 Å². The van der Waals surface area contributed by atoms with Gasteiger partial charge in [-0.25, -0.2) is 0 Å². The molecule has 6 heteroatoms. The van der Waals surface area contributed by atoms with E-state index in [0.29, 0.717) is 36.5 Å². The number of aryl methyl sites for hydroxylation is 2. The zero-order valence-corrected chi connectivity index (χ0v) is 15.6. The molecule has 1 saturated carbocycles. The molecule has 1 aromatic carbocycles. The van der Waals surface area contributed by atoms with E-state index in [1.165, 1.54) is 6.92 Å². The number of hydrogen-bond donors (Lipinski definition) is 2. The van der Waals surface area contributed by atoms with Gasteiger partial charge in [0.25, 0.3) is 0 Å². The predicted octanol–water partition coefficient (Wildman–Crippen LogP) is 3.39. The SMILES string of the molecule is CC(=O)c1cc(CCC(=O)NCc2ccc(NC(=O)C3CC3)cc2)oc1C. The standard InChI is InChI=1S/C21H24N2O4/c1-13(24)19-11-18(27-14(19)2)9-10-20(25)22-12-15-3-7-17(8-4-15)23-21(26)16-5-6-16/h3-4,7-8,11,16H,5-6,9-10,12H2,1-2H3,(H,22,25)(H,23,26). The van der Waals surface area contributed by atoms with Crippen LogP contribution in [0.2, 0.25) is 0 Å². The molecule has 0 bridgehead atoms. The molecule has 142 valence electrons. The van der Waals surface area contributed by atoms with Crippen molar-refractivity contribution in [1.29, 1.82) is 0 Å². The minimum absolute atomic E-state index is 0.0382. The number of anilines is 1. The number of furan rings is 1. The number of carbonyl (C=O) groups is 3. The number of amides is 2. The fourth-order valence-electron chi connectivity index (χ4n) is 2.84. The molecule has 1 heterocycles. The van der Waals surface area contributed by atoms with Gasteiger partial charge in [0.15, 0.2) is 5.78 Å². The summed E-state index contributed by atoms with van der Waals surface area (Å²) >= 11 is 0. The summed E-state index contributed by atoms with van der Waals surface area (Å²) in [7, 11) is 0. The first kappa shape index (κ1) is 18.9. The van der Waals surface area contributed by atoms with Crippen molar-refractivity contribution in [1.82, 2.24) is 5.32 Å². The average molecular weight is 368 g/mol. The fraction of sp³-hybridized carbons (Fsp3) is 0.381. The second kappa shape index (κ2) is 8.20. The van der Waals surface area contributed by atoms with E-state index in [4.69, 9.17) is 4.42 Å². The van der Waals surface area contributed by atoms with Gasteiger partial charge in [-0.1, -0.05) is 12.1 Å². The van der Waals surface area contributed by atoms with E-state index in [-0.39, 0.29) is 23.5 Å². The van der Waals surface area contributed by atoms with Crippen LogP contribution in [0.1, 0.15) is 53.6 Å². The monoisotopic (exact) mass is 368 g/mol. The molecule has 2 N–H and O–H groups in total. The maximum absolute atomic E-state index is 12.0. The number of rotatable bonds is 8. The number of benzene rings is 1. The van der Waals surface area contributed by atoms with Crippen LogP contribution in [0, 0.1) is 12.8 Å². The van der Waals surface area contributed by atoms with Crippen molar-refractivity contribution in [3.63, 3.8) is 0 Å². The van der Waals surface area contributed by atoms with E-state index < -0.39 is 0 Å². The summed E-state index contributed by atoms with van der Waals surface area (Å²) in [6.07, 6.45) is 2.69. The van der Waals surface area contributed by atoms with E-state index >= 15 is 0 Å². The molecule has 0 unspecified atom stereocenters. The van der Waals surface area contributed by atoms with Gasteiger partial charge < -0.3 is 15.1 Å². The third-order valence-electron chi connectivity index (χ3n) is 4.61. The summed E-state index contributed by atoms with van der Waals surface area (Å²) in [5.74, 6) is 1.37. The molecule has 0 aliphatic heterocycles. The highest BCUT2D eigenvalue weighted by Gasteiger charge is 2.29. The van der Waals surface area contributed by atoms with Crippen LogP contribution in [-0.4, -0.2) is 17.6 Å². The van der Waals surface area contributed by atoms with Gasteiger partial charge in [-0.15, -0.1) is 0 Å². The zero-order valence-electron chi connectivity index (χ0n) is 15.6. The minimum atomic E-state index is -0.0838. The summed E-state index contributed by atoms with van der Waals surface area (Å²) in [5, 5.41) is 5.76. The van der Waals surface area contributed by atoms with Gasteiger partial charge in [0.05, 0.1) is 5.56 Å². The lowest BCUT2D eigenvalue weighted by Gasteiger charge is -2.07. The maximum Gasteiger partial charge on any atom is 0.227 e. The zero-order chi connectivity index (χ0) is 19.4. The van der Waals surface area contributed by atoms with Crippen molar-refractivity contribution in [2.24, 2.45) is 5.92 Å². The first-order valence-electron chi connectivity index (χ1n) is 9.19. The Labute approximate surface area is 158 Å². The summed E-state index contributed by atoms with van der Waals surface area (Å²) in [6, 6.07) is 9.17. The molecule has 2 amide bonds. The lowest BCUT2D eigenvalue weighted by Crippen LogP contribution is -2.23. The van der Waals surface area contributed by atoms with Gasteiger partial charge in [-0.05, 0) is 50.5 Å². The topological polar surface area (TPSA) is 88.4 Å². The van der Waals surface area contributed by atoms with Crippen LogP contribution in [0.4, 0.5) is 5.69 Å². The third kappa shape index (κ3) is 5.29. The molecule has 1 aliphatic rings. The molecular weight excluding hydrogens is 344 g/mol. The molecule has 2 aromatic rings. The van der Waals surface area contributed by atoms with Gasteiger partial charge in [0.1, 0.15) is 11.5 Å². The summed E-state index contributed by atoms with van der Waals surface area (Å²) in [6.45, 7) is 3.67. The molecule has 0 radical (unpaired) electrons. The van der Waals surface area contributed by atoms with Gasteiger partial charge in [0.2, 0.25) is 11.8 Å². The highest BCUT2D eigenvalue weighted by Crippen LogP contribution is 2.30. The van der Waals surface area contributed by atoms with Crippen LogP contribution in [0.25, 0.3) is 0 Å². The minimum Gasteiger partial charge on any atom is -0.466 e. The Morgan fingerprint density at radius 1 is 1.15 bits per heavy atom. The number of Topliss-reactive ketones (excluding diaryl/α,β-unsaturated/α-hetero) is 1. The molecule has 0 spiro atoms. The molecule has 0 atom stereocenters. The van der Waals surface area contributed by atoms with Gasteiger partial charge in [-0.3, -0.25) is 14.4 Å². The van der Waals surface area contributed by atoms with Crippen molar-refractivity contribution >= 4 is 23.3 Å². The highest BCUT2D eigenvalue weighted by atomic mass is 16.3. The Morgan fingerprint density at radius 2 is 1.85 bits per heavy atom. The molecule has 3 rings (SSSR count). The highest BCUT2D eigenvalue weighted by molar-refractivity contribution is 5.95. The Morgan fingerprint density at radius 3 is 2.44 bits per heavy atom. The largest absolute Gasteiger partial charge is 0.466 e. The van der Waals surface area contributed by atoms with Crippen molar-refractivity contribution in [3.8, 4) is 0 Å². The second-order valence-electron chi connectivity index (χ2n) is 6.98. The Balaban J connectivity index is 1.42. The molecule has 1 fully saturated rings. The molecule has 0 saturated heterocycles. The van der Waals surface area contributed by atoms with Gasteiger partial charge >= 0.3 is 0 Å². The van der Waals surface area contributed by atoms with Crippen LogP contribution in [0.15, 0.2) is 34.7 Å². The van der Waals surface area contributed by atoms with Crippen LogP contribution >= 0.6 is 0 Å². The molecular formula is C21H24N2O4. The van der Waals surface area contributed by atoms with Crippen LogP contribution in [0.3, 0.4) is 0 Å². The van der Waals surface area contributed by atoms with E-state index in [0.717, 1.165) is 24.1 Å². The molecule has 1 aromatic heterocycles. The lowest BCUT2D eigenvalue weighted by atomic mass is 10.1. The summed E-state index contributed by atoms with van der Waals surface area (Å²) in [5.41, 5.74) is 2.30. The maximum atomic E-state index is 12.0. The molecule has 1 aliphatic carbocycles. The van der Waals surface area contributed by atoms with Gasteiger partial charge in [-0.2, -0.15) is 0 Å². The number of hydrogen-bond acceptors (Lipinski definition) is 4. The predicted molar refractivity (Wildman–Crippen MR) is 101 cm³/mol. The second-order valence-corrected chi connectivity index (χ2v) is 6.98. The smallest absolute Gasteiger partial charge is 0.227 e. The Kier molecular flexibility index (Phi) is 5.74. The van der Waals surface area contributed by atoms with E-state index in [1.807, 2.05) is 24.3 Å². The number of carbonyl (C=O) groups excluding carboxylic acids is 3. The quantitative estimate of drug-likeness (QED) is 0.699. The third-order valence-corrected chi connectivity index (χ3v) is 4.61. The van der Waals surface area contributed by atoms with Crippen LogP contribution < -0.4 is 10.6 Å². The number of nitrogens with one attached hydrogen (secondary N) is 2. The summed E-state index contributed by atoms with van der Waals surface area (Å²) < 4.78 is 5.52. The Hall–Kier alpha value is -2.89. The van der Waals surface area contributed by atoms with Crippen molar-refractivity contribution in [2.75, 3.05) is 5.32 Å². The van der Waals surface area contributed by atoms with Gasteiger partial charge in [0, 0.05) is 31.0 Å². The van der Waals surface area contributed by atoms with E-state index in [9.17, 15) is 14.4 Å². The first-order chi connectivity index (χ1) is 12.9. The van der Waals surface area contributed by atoms with E-state index in [2.05, 4.69) is 10.6 Å². The molecule has 27 heavy (non-hydrogen) atoms. The van der Waals surface area contributed by atoms with E-state index in [1.54, 1.807) is 13.0 Å².